The number of ketones is 1. The van der Waals surface area contributed by atoms with Crippen LogP contribution in [0.25, 0.3) is 5.76 Å². The molecule has 1 saturated heterocycles. The van der Waals surface area contributed by atoms with Crippen LogP contribution in [0, 0.1) is 13.8 Å². The number of esters is 1. The molecule has 0 aliphatic carbocycles. The molecule has 1 fully saturated rings. The van der Waals surface area contributed by atoms with E-state index < -0.39 is 23.7 Å². The number of carbonyl (C=O) groups is 3. The first-order valence-electron chi connectivity index (χ1n) is 11.7. The molecule has 2 aromatic rings. The number of halogens is 1. The number of Topliss-reactive ketones (excluding diaryl/α,β-unsaturated/α-hetero) is 1. The third kappa shape index (κ3) is 5.21. The van der Waals surface area contributed by atoms with Crippen molar-refractivity contribution in [3.05, 3.63) is 62.4 Å². The highest BCUT2D eigenvalue weighted by Crippen LogP contribution is 2.41. The van der Waals surface area contributed by atoms with E-state index in [1.165, 1.54) is 7.11 Å². The maximum Gasteiger partial charge on any atom is 0.354 e. The Kier molecular flexibility index (Phi) is 8.56. The van der Waals surface area contributed by atoms with E-state index >= 15 is 0 Å². The lowest BCUT2D eigenvalue weighted by molar-refractivity contribution is -0.140. The van der Waals surface area contributed by atoms with Gasteiger partial charge in [0.15, 0.2) is 0 Å². The highest BCUT2D eigenvalue weighted by atomic mass is 79.9. The smallest absolute Gasteiger partial charge is 0.354 e. The van der Waals surface area contributed by atoms with Crippen LogP contribution in [0.1, 0.15) is 59.2 Å². The van der Waals surface area contributed by atoms with Gasteiger partial charge in [-0.2, -0.15) is 0 Å². The quantitative estimate of drug-likeness (QED) is 0.210. The van der Waals surface area contributed by atoms with Gasteiger partial charge >= 0.3 is 5.97 Å². The SMILES string of the molecule is CCN(CC)CCCN1C(=O)C(=O)C(=C(O)c2c(C)[nH]c(C(=O)OC)c2C)[C@H]1c1ccc(Br)cc1. The summed E-state index contributed by atoms with van der Waals surface area (Å²) in [7, 11) is 1.27. The van der Waals surface area contributed by atoms with Gasteiger partial charge in [0.05, 0.1) is 18.7 Å². The number of methoxy groups -OCH3 is 1. The third-order valence-corrected chi connectivity index (χ3v) is 7.09. The van der Waals surface area contributed by atoms with Crippen molar-refractivity contribution in [2.75, 3.05) is 33.3 Å². The normalized spacial score (nSPS) is 17.5. The van der Waals surface area contributed by atoms with Gasteiger partial charge in [-0.1, -0.05) is 41.9 Å². The number of benzene rings is 1. The summed E-state index contributed by atoms with van der Waals surface area (Å²) < 4.78 is 5.68. The van der Waals surface area contributed by atoms with Gasteiger partial charge in [0.25, 0.3) is 11.7 Å². The van der Waals surface area contributed by atoms with Gasteiger partial charge in [-0.25, -0.2) is 4.79 Å². The number of aromatic amines is 1. The second-order valence-corrected chi connectivity index (χ2v) is 9.46. The minimum Gasteiger partial charge on any atom is -0.507 e. The van der Waals surface area contributed by atoms with Gasteiger partial charge < -0.3 is 24.6 Å². The van der Waals surface area contributed by atoms with Crippen LogP contribution in [0.2, 0.25) is 0 Å². The number of aromatic nitrogens is 1. The Balaban J connectivity index is 2.11. The second-order valence-electron chi connectivity index (χ2n) is 8.54. The number of carbonyl (C=O) groups excluding carboxylic acids is 3. The summed E-state index contributed by atoms with van der Waals surface area (Å²) >= 11 is 3.43. The number of hydrogen-bond donors (Lipinski definition) is 2. The van der Waals surface area contributed by atoms with Crippen LogP contribution in [-0.2, 0) is 14.3 Å². The number of aliphatic hydroxyl groups is 1. The zero-order chi connectivity index (χ0) is 25.9. The molecule has 1 aliphatic rings. The predicted molar refractivity (Wildman–Crippen MR) is 137 cm³/mol. The van der Waals surface area contributed by atoms with Crippen molar-refractivity contribution in [2.24, 2.45) is 0 Å². The number of nitrogens with one attached hydrogen (secondary N) is 1. The number of nitrogens with zero attached hydrogens (tertiary/aromatic N) is 2. The van der Waals surface area contributed by atoms with Crippen LogP contribution in [0.15, 0.2) is 34.3 Å². The van der Waals surface area contributed by atoms with Gasteiger partial charge in [0.1, 0.15) is 11.5 Å². The van der Waals surface area contributed by atoms with Gasteiger partial charge in [-0.3, -0.25) is 9.59 Å². The fourth-order valence-electron chi connectivity index (χ4n) is 4.65. The minimum absolute atomic E-state index is 0.0155. The molecule has 1 atom stereocenters. The molecule has 3 rings (SSSR count). The van der Waals surface area contributed by atoms with Crippen LogP contribution in [0.4, 0.5) is 0 Å². The van der Waals surface area contributed by atoms with Gasteiger partial charge in [0, 0.05) is 22.3 Å². The fraction of sp³-hybridized carbons (Fsp3) is 0.423. The highest BCUT2D eigenvalue weighted by molar-refractivity contribution is 9.10. The lowest BCUT2D eigenvalue weighted by Crippen LogP contribution is -2.33. The third-order valence-electron chi connectivity index (χ3n) is 6.56. The number of amides is 1. The van der Waals surface area contributed by atoms with E-state index in [0.29, 0.717) is 29.8 Å². The average Bonchev–Trinajstić information content (AvgIpc) is 3.28. The van der Waals surface area contributed by atoms with E-state index in [1.54, 1.807) is 18.7 Å². The first-order valence-corrected chi connectivity index (χ1v) is 12.5. The number of hydrogen-bond acceptors (Lipinski definition) is 6. The van der Waals surface area contributed by atoms with Crippen LogP contribution < -0.4 is 0 Å². The Morgan fingerprint density at radius 2 is 1.80 bits per heavy atom. The summed E-state index contributed by atoms with van der Waals surface area (Å²) in [4.78, 5) is 45.3. The standard InChI is InChI=1S/C26H32BrN3O5/c1-6-29(7-2)13-8-14-30-22(17-9-11-18(27)12-10-17)20(24(32)25(30)33)23(31)19-15(3)21(26(34)35-5)28-16(19)4/h9-12,22,28,31H,6-8,13-14H2,1-5H3/t22-/m1/s1. The first-order chi connectivity index (χ1) is 16.7. The first kappa shape index (κ1) is 26.7. The van der Waals surface area contributed by atoms with Crippen molar-refractivity contribution in [3.8, 4) is 0 Å². The molecule has 0 bridgehead atoms. The second kappa shape index (κ2) is 11.2. The molecule has 0 spiro atoms. The van der Waals surface area contributed by atoms with Crippen LogP contribution >= 0.6 is 15.9 Å². The summed E-state index contributed by atoms with van der Waals surface area (Å²) in [6.45, 7) is 10.5. The van der Waals surface area contributed by atoms with Crippen molar-refractivity contribution in [1.29, 1.82) is 0 Å². The molecule has 1 aromatic carbocycles. The monoisotopic (exact) mass is 545 g/mol. The Hall–Kier alpha value is -2.91. The molecule has 188 valence electrons. The minimum atomic E-state index is -0.741. The van der Waals surface area contributed by atoms with Crippen molar-refractivity contribution >= 4 is 39.3 Å². The van der Waals surface area contributed by atoms with E-state index in [4.69, 9.17) is 4.74 Å². The lowest BCUT2D eigenvalue weighted by Gasteiger charge is -2.27. The van der Waals surface area contributed by atoms with E-state index in [9.17, 15) is 19.5 Å². The molecule has 1 aliphatic heterocycles. The summed E-state index contributed by atoms with van der Waals surface area (Å²) in [6, 6.07) is 6.61. The van der Waals surface area contributed by atoms with E-state index in [0.717, 1.165) is 29.7 Å². The predicted octanol–water partition coefficient (Wildman–Crippen LogP) is 4.33. The topological polar surface area (TPSA) is 103 Å². The molecule has 0 radical (unpaired) electrons. The van der Waals surface area contributed by atoms with Gasteiger partial charge in [-0.05, 0) is 63.2 Å². The molecule has 0 saturated carbocycles. The zero-order valence-corrected chi connectivity index (χ0v) is 22.4. The van der Waals surface area contributed by atoms with Crippen molar-refractivity contribution in [3.63, 3.8) is 0 Å². The molecule has 8 nitrogen and oxygen atoms in total. The van der Waals surface area contributed by atoms with Crippen LogP contribution in [-0.4, -0.2) is 70.8 Å². The Morgan fingerprint density at radius 1 is 1.17 bits per heavy atom. The summed E-state index contributed by atoms with van der Waals surface area (Å²) in [5, 5.41) is 11.4. The van der Waals surface area contributed by atoms with Gasteiger partial charge in [0.2, 0.25) is 0 Å². The molecule has 0 unspecified atom stereocenters. The molecule has 1 amide bonds. The molecular formula is C26H32BrN3O5. The summed E-state index contributed by atoms with van der Waals surface area (Å²) in [6.07, 6.45) is 0.691. The maximum atomic E-state index is 13.3. The molecular weight excluding hydrogens is 514 g/mol. The van der Waals surface area contributed by atoms with Gasteiger partial charge in [-0.15, -0.1) is 0 Å². The molecule has 2 heterocycles. The lowest BCUT2D eigenvalue weighted by atomic mass is 9.94. The van der Waals surface area contributed by atoms with Crippen LogP contribution in [0.5, 0.6) is 0 Å². The summed E-state index contributed by atoms with van der Waals surface area (Å²) in [5.41, 5.74) is 2.21. The maximum absolute atomic E-state index is 13.3. The Labute approximate surface area is 214 Å². The Bertz CT molecular complexity index is 1150. The number of likely N-dealkylation sites (tertiary alicyclic amines) is 1. The number of ether oxygens (including phenoxy) is 1. The summed E-state index contributed by atoms with van der Waals surface area (Å²) in [5.74, 6) is -2.26. The molecule has 2 N–H and O–H groups in total. The largest absolute Gasteiger partial charge is 0.507 e. The number of aryl methyl sites for hydroxylation is 1. The molecule has 35 heavy (non-hydrogen) atoms. The highest BCUT2D eigenvalue weighted by Gasteiger charge is 2.46. The number of rotatable bonds is 9. The fourth-order valence-corrected chi connectivity index (χ4v) is 4.92. The average molecular weight is 546 g/mol. The molecule has 1 aromatic heterocycles. The number of H-pyrrole nitrogens is 1. The van der Waals surface area contributed by atoms with E-state index in [2.05, 4.69) is 39.7 Å². The molecule has 9 heteroatoms. The van der Waals surface area contributed by atoms with Crippen molar-refractivity contribution in [2.45, 2.75) is 40.2 Å². The zero-order valence-electron chi connectivity index (χ0n) is 20.8. The van der Waals surface area contributed by atoms with Crippen LogP contribution in [0.3, 0.4) is 0 Å². The van der Waals surface area contributed by atoms with Crippen molar-refractivity contribution < 1.29 is 24.2 Å². The van der Waals surface area contributed by atoms with Crippen molar-refractivity contribution in [1.82, 2.24) is 14.8 Å². The Morgan fingerprint density at radius 3 is 2.37 bits per heavy atom. The van der Waals surface area contributed by atoms with E-state index in [1.807, 2.05) is 24.3 Å². The van der Waals surface area contributed by atoms with E-state index in [-0.39, 0.29) is 17.0 Å². The number of aliphatic hydroxyl groups excluding tert-OH is 1.